The van der Waals surface area contributed by atoms with Gasteiger partial charge in [-0.1, -0.05) is 65.7 Å². The molecule has 137 heavy (non-hydrogen) atoms. The molecule has 680 valence electrons. The van der Waals surface area contributed by atoms with E-state index in [0.717, 1.165) is 39.5 Å². The number of carbonyl (C=O) groups excluding carboxylic acids is 4. The van der Waals surface area contributed by atoms with E-state index >= 15 is 8.78 Å². The minimum atomic E-state index is -1.42. The van der Waals surface area contributed by atoms with E-state index in [1.807, 2.05) is 0 Å². The van der Waals surface area contributed by atoms with E-state index in [1.54, 1.807) is 85.0 Å². The number of benzene rings is 7. The molecule has 0 saturated heterocycles. The van der Waals surface area contributed by atoms with Crippen molar-refractivity contribution in [3.63, 3.8) is 0 Å². The molecule has 2 aliphatic carbocycles. The quantitative estimate of drug-likeness (QED) is 0.0299. The van der Waals surface area contributed by atoms with Gasteiger partial charge >= 0.3 is 23.9 Å². The summed E-state index contributed by atoms with van der Waals surface area (Å²) in [6.45, 7) is -0.369. The number of ketones is 2. The number of fused-ring (bicyclic) bond motifs is 15. The predicted octanol–water partition coefficient (Wildman–Crippen LogP) is 19.5. The molecule has 0 fully saturated rings. The Bertz CT molecular complexity index is 9010. The lowest BCUT2D eigenvalue weighted by Crippen LogP contribution is -2.16. The number of halogens is 8. The van der Waals surface area contributed by atoms with Gasteiger partial charge in [0.25, 0.3) is 11.1 Å². The first-order valence-corrected chi connectivity index (χ1v) is 42.4. The largest absolute Gasteiger partial charge is 0.477 e. The zero-order valence-electron chi connectivity index (χ0n) is 69.8. The number of nitrogens with two attached hydrogens (primary N) is 1. The lowest BCUT2D eigenvalue weighted by molar-refractivity contribution is -0.115. The Balaban J connectivity index is 0.000000113. The first kappa shape index (κ1) is 87.5. The summed E-state index contributed by atoms with van der Waals surface area (Å²) in [6.07, 6.45) is 20.7. The van der Waals surface area contributed by atoms with Crippen molar-refractivity contribution in [2.24, 2.45) is 5.73 Å². The van der Waals surface area contributed by atoms with Crippen molar-refractivity contribution in [2.45, 2.75) is 45.4 Å². The molecule has 11 N–H and O–H groups in total. The average molecular weight is 1910 g/mol. The summed E-state index contributed by atoms with van der Waals surface area (Å²) >= 11 is 18.9. The number of nitrogens with one attached hydrogen (secondary N) is 5. The molecule has 1 aliphatic heterocycles. The number of Topliss-reactive ketones (excluding diaryl/α,β-unsaturated/α-hetero) is 2. The number of furan rings is 4. The molecule has 2 amide bonds. The Hall–Kier alpha value is -17.5. The molecule has 14 heterocycles. The van der Waals surface area contributed by atoms with Crippen LogP contribution < -0.4 is 22.2 Å². The third-order valence-corrected chi connectivity index (χ3v) is 24.8. The van der Waals surface area contributed by atoms with E-state index in [1.165, 1.54) is 118 Å². The monoisotopic (exact) mass is 1910 g/mol. The highest BCUT2D eigenvalue weighted by Crippen LogP contribution is 2.47. The number of pyridine rings is 3. The SMILES string of the molecule is NC(=O)c1cnc(F)c(Cn2c(C(=O)O)c(C3=CC=CCC3=O)c3c4occc4c(F)cc32)c1.O=C(O)c1c(-c2ccc[nH]c2=O)c2c3occc3c(F)cc2n1Cc1ccc2nc(Cl)[nH]c2c1.O=C1CC=CC=C1c1c(C(=O)O)n(Cc2cc3[nH]cnc3cc2Cl)c2cc(F)c3ccoc3c12.O=C1Cc2cc(Cn3c(C(=O)O)c(-c4ccc[nH]c4=O)c4c5occc5c(F)cc43)c(Cl)cc2N1. The van der Waals surface area contributed by atoms with Gasteiger partial charge in [0.2, 0.25) is 23.0 Å². The molecule has 0 spiro atoms. The fraction of sp³-hybridized carbons (Fsp3) is 0.0714. The number of carboxylic acid groups (broad SMARTS) is 4. The number of allylic oxidation sites excluding steroid dienone is 8. The Morgan fingerprint density at radius 2 is 0.905 bits per heavy atom. The highest BCUT2D eigenvalue weighted by Gasteiger charge is 2.37. The molecule has 0 bridgehead atoms. The third kappa shape index (κ3) is 15.1. The number of amides is 2. The van der Waals surface area contributed by atoms with Crippen LogP contribution in [-0.4, -0.2) is 121 Å². The van der Waals surface area contributed by atoms with Crippen molar-refractivity contribution in [1.82, 2.24) is 53.2 Å². The first-order valence-electron chi connectivity index (χ1n) is 41.3. The number of aromatic amines is 4. The molecule has 31 nitrogen and oxygen atoms in total. The Morgan fingerprint density at radius 3 is 1.36 bits per heavy atom. The smallest absolute Gasteiger partial charge is 0.353 e. The Labute approximate surface area is 774 Å². The zero-order valence-corrected chi connectivity index (χ0v) is 72.1. The molecule has 0 unspecified atom stereocenters. The van der Waals surface area contributed by atoms with Crippen LogP contribution in [0.5, 0.6) is 0 Å². The number of hydrogen-bond acceptors (Lipinski definition) is 17. The van der Waals surface area contributed by atoms with Crippen LogP contribution in [0.1, 0.15) is 104 Å². The molecule has 13 aromatic heterocycles. The number of primary amides is 1. The van der Waals surface area contributed by atoms with Crippen LogP contribution in [0.4, 0.5) is 27.6 Å². The van der Waals surface area contributed by atoms with Crippen LogP contribution in [0.2, 0.25) is 15.3 Å². The molecule has 3 aliphatic rings. The van der Waals surface area contributed by atoms with Crippen LogP contribution in [0.3, 0.4) is 0 Å². The summed E-state index contributed by atoms with van der Waals surface area (Å²) in [4.78, 5) is 148. The van der Waals surface area contributed by atoms with Crippen molar-refractivity contribution >= 4 is 208 Å². The molecular formula is C98H59Cl3F5N13O18. The third-order valence-electron chi connectivity index (χ3n) is 23.9. The van der Waals surface area contributed by atoms with Gasteiger partial charge in [0, 0.05) is 106 Å². The van der Waals surface area contributed by atoms with Crippen LogP contribution in [0, 0.1) is 29.2 Å². The highest BCUT2D eigenvalue weighted by atomic mass is 35.5. The maximum Gasteiger partial charge on any atom is 0.353 e. The summed E-state index contributed by atoms with van der Waals surface area (Å²) in [5.41, 5.74) is 11.6. The van der Waals surface area contributed by atoms with Crippen molar-refractivity contribution in [2.75, 3.05) is 5.32 Å². The molecule has 0 atom stereocenters. The minimum absolute atomic E-state index is 0.0227. The van der Waals surface area contributed by atoms with Gasteiger partial charge in [-0.2, -0.15) is 4.39 Å². The van der Waals surface area contributed by atoms with Gasteiger partial charge in [-0.25, -0.2) is 51.7 Å². The normalized spacial score (nSPS) is 13.0. The Kier molecular flexibility index (Phi) is 21.9. The predicted molar refractivity (Wildman–Crippen MR) is 495 cm³/mol. The summed E-state index contributed by atoms with van der Waals surface area (Å²) in [6, 6.07) is 30.2. The highest BCUT2D eigenvalue weighted by molar-refractivity contribution is 6.34. The number of carbonyl (C=O) groups is 8. The van der Waals surface area contributed by atoms with Gasteiger partial charge in [0.05, 0.1) is 148 Å². The number of H-pyrrole nitrogens is 4. The van der Waals surface area contributed by atoms with Gasteiger partial charge < -0.3 is 87.3 Å². The van der Waals surface area contributed by atoms with E-state index in [-0.39, 0.29) is 206 Å². The van der Waals surface area contributed by atoms with Crippen LogP contribution in [0.25, 0.3) is 143 Å². The first-order chi connectivity index (χ1) is 66.0. The maximum absolute atomic E-state index is 15.0. The number of rotatable bonds is 17. The number of aromatic carboxylic acids is 4. The lowest BCUT2D eigenvalue weighted by Gasteiger charge is -2.12. The minimum Gasteiger partial charge on any atom is -0.477 e. The van der Waals surface area contributed by atoms with Crippen LogP contribution >= 0.6 is 34.8 Å². The fourth-order valence-electron chi connectivity index (χ4n) is 18.1. The second-order valence-electron chi connectivity index (χ2n) is 31.8. The van der Waals surface area contributed by atoms with Gasteiger partial charge in [-0.3, -0.25) is 28.8 Å². The number of imidazole rings is 2. The van der Waals surface area contributed by atoms with Gasteiger partial charge in [0.15, 0.2) is 11.6 Å². The summed E-state index contributed by atoms with van der Waals surface area (Å²) < 4.78 is 102. The number of anilines is 1. The van der Waals surface area contributed by atoms with Crippen molar-refractivity contribution in [3.8, 4) is 22.3 Å². The van der Waals surface area contributed by atoms with Crippen molar-refractivity contribution < 1.29 is 98.4 Å². The number of nitrogens with zero attached hydrogens (tertiary/aromatic N) is 7. The topological polar surface area (TPSA) is 464 Å². The van der Waals surface area contributed by atoms with E-state index in [9.17, 15) is 81.5 Å². The molecule has 39 heteroatoms. The van der Waals surface area contributed by atoms with Gasteiger partial charge in [-0.15, -0.1) is 0 Å². The summed E-state index contributed by atoms with van der Waals surface area (Å²) in [5, 5.41) is 46.5. The average Bonchev–Trinajstić information content (AvgIpc) is 1.58. The molecule has 23 rings (SSSR count). The number of aromatic nitrogens is 11. The number of carboxylic acids is 4. The molecule has 0 saturated carbocycles. The van der Waals surface area contributed by atoms with Crippen LogP contribution in [0.15, 0.2) is 235 Å². The summed E-state index contributed by atoms with van der Waals surface area (Å²) in [7, 11) is 0. The van der Waals surface area contributed by atoms with Gasteiger partial charge in [-0.05, 0) is 149 Å². The molecule has 0 radical (unpaired) electrons. The van der Waals surface area contributed by atoms with Gasteiger partial charge in [0.1, 0.15) is 68.4 Å². The summed E-state index contributed by atoms with van der Waals surface area (Å²) in [5.74, 6) is -10.2. The van der Waals surface area contributed by atoms with Crippen molar-refractivity contribution in [3.05, 3.63) is 340 Å². The maximum atomic E-state index is 15.0. The van der Waals surface area contributed by atoms with E-state index in [4.69, 9.17) is 58.2 Å². The lowest BCUT2D eigenvalue weighted by atomic mass is 9.93. The molecule has 20 aromatic rings. The molecular weight excluding hydrogens is 1850 g/mol. The van der Waals surface area contributed by atoms with E-state index in [2.05, 4.69) is 40.2 Å². The number of hydrogen-bond donors (Lipinski definition) is 10. The van der Waals surface area contributed by atoms with Crippen LogP contribution in [-0.2, 0) is 47.0 Å². The standard InChI is InChI=1S/C25H15ClFN3O5.C25H15ClFN3O4.C24H14ClFN4O4.C24H15F2N3O5/c26-15-8-17-11(7-19(31)29-17)6-12(15)10-30-18-9-16(27)13-3-5-35-23(13)21(18)20(22(30)25(33)34)14-2-1-4-28-24(14)32;26-15-8-18-17(28-11-29-18)7-12(15)10-30-19-9-16(27)13-5-6-34-24(13)22(19)21(23(30)25(32)33)14-3-1-2-4-20(14)31;25-24-28-15-4-3-11(8-16(15)29-24)10-30-17-9-14(26)12-5-7-34-21(12)19(17)18(20(30)23(32)33)13-2-1-6-27-22(13)31;25-15-8-16-19(21-13(15)5-6-34-21)18(14-3-1-2-4-17(14)30)20(24(32)33)29(16)10-12-7-11(23(27)31)9-28-22(12)26/h1-6,8-9H,7,10H2,(H,28,32)(H,29,31)(H,33,34);1-3,5-9,11H,4,10H2,(H,28,29)(H,32,33);1-9H,10H2,(H,27,31)(H,28,29)(H,32,33);1-3,5-9H,4,10H2,(H2,27,31)(H,32,33). The molecule has 7 aromatic carbocycles. The Morgan fingerprint density at radius 1 is 0.467 bits per heavy atom. The second-order valence-corrected chi connectivity index (χ2v) is 33.0. The second kappa shape index (κ2) is 34.3. The fourth-order valence-corrected chi connectivity index (χ4v) is 18.7. The van der Waals surface area contributed by atoms with Crippen molar-refractivity contribution in [1.29, 1.82) is 0 Å². The van der Waals surface area contributed by atoms with E-state index < -0.39 is 76.7 Å². The van der Waals surface area contributed by atoms with E-state index in [0.29, 0.717) is 65.1 Å². The zero-order chi connectivity index (χ0) is 95.7.